The van der Waals surface area contributed by atoms with E-state index in [2.05, 4.69) is 11.4 Å². The molecule has 110 valence electrons. The molecular formula is C18H20FNO. The Hall–Kier alpha value is -2.03. The molecule has 0 atom stereocenters. The highest BCUT2D eigenvalue weighted by Gasteiger charge is 2.31. The van der Waals surface area contributed by atoms with Crippen LogP contribution in [0.4, 0.5) is 10.1 Å². The molecule has 0 aliphatic heterocycles. The highest BCUT2D eigenvalue weighted by atomic mass is 19.1. The molecule has 1 aliphatic rings. The molecule has 1 fully saturated rings. The normalized spacial score (nSPS) is 20.7. The van der Waals surface area contributed by atoms with Gasteiger partial charge < -0.3 is 10.1 Å². The average Bonchev–Trinajstić information content (AvgIpc) is 2.46. The van der Waals surface area contributed by atoms with Crippen LogP contribution in [0.3, 0.4) is 0 Å². The van der Waals surface area contributed by atoms with E-state index in [0.29, 0.717) is 17.5 Å². The number of nitrogens with one attached hydrogen (secondary N) is 1. The number of para-hydroxylation sites is 1. The Morgan fingerprint density at radius 2 is 1.90 bits per heavy atom. The third-order valence-electron chi connectivity index (χ3n) is 4.26. The van der Waals surface area contributed by atoms with Gasteiger partial charge in [-0.15, -0.1) is 0 Å². The van der Waals surface area contributed by atoms with Gasteiger partial charge in [-0.3, -0.25) is 0 Å². The minimum atomic E-state index is -0.152. The monoisotopic (exact) mass is 285 g/mol. The van der Waals surface area contributed by atoms with Crippen LogP contribution in [-0.4, -0.2) is 13.2 Å². The Labute approximate surface area is 125 Å². The lowest BCUT2D eigenvalue weighted by atomic mass is 9.75. The topological polar surface area (TPSA) is 21.3 Å². The van der Waals surface area contributed by atoms with Crippen LogP contribution in [-0.2, 0) is 0 Å². The number of aryl methyl sites for hydroxylation is 1. The molecule has 1 saturated carbocycles. The van der Waals surface area contributed by atoms with Gasteiger partial charge in [0.25, 0.3) is 0 Å². The molecule has 1 N–H and O–H groups in total. The quantitative estimate of drug-likeness (QED) is 0.893. The number of anilines is 1. The second kappa shape index (κ2) is 5.76. The van der Waals surface area contributed by atoms with Crippen molar-refractivity contribution in [3.8, 4) is 5.75 Å². The molecule has 2 aromatic carbocycles. The van der Waals surface area contributed by atoms with Crippen molar-refractivity contribution in [1.29, 1.82) is 0 Å². The zero-order valence-corrected chi connectivity index (χ0v) is 12.4. The summed E-state index contributed by atoms with van der Waals surface area (Å²) in [4.78, 5) is 0. The van der Waals surface area contributed by atoms with Crippen LogP contribution >= 0.6 is 0 Å². The fourth-order valence-corrected chi connectivity index (χ4v) is 2.91. The number of hydrogen-bond donors (Lipinski definition) is 1. The average molecular weight is 285 g/mol. The first kappa shape index (κ1) is 13.9. The van der Waals surface area contributed by atoms with Gasteiger partial charge in [-0.25, -0.2) is 4.39 Å². The van der Waals surface area contributed by atoms with E-state index < -0.39 is 0 Å². The van der Waals surface area contributed by atoms with E-state index in [0.717, 1.165) is 24.3 Å². The Balaban J connectivity index is 1.62. The second-order valence-corrected chi connectivity index (χ2v) is 5.72. The van der Waals surface area contributed by atoms with Gasteiger partial charge in [0, 0.05) is 11.7 Å². The summed E-state index contributed by atoms with van der Waals surface area (Å²) < 4.78 is 19.0. The summed E-state index contributed by atoms with van der Waals surface area (Å²) in [5.74, 6) is 1.33. The first-order chi connectivity index (χ1) is 10.2. The van der Waals surface area contributed by atoms with Crippen molar-refractivity contribution in [2.24, 2.45) is 0 Å². The molecule has 3 rings (SSSR count). The fraction of sp³-hybridized carbons (Fsp3) is 0.333. The van der Waals surface area contributed by atoms with Gasteiger partial charge in [0.1, 0.15) is 11.6 Å². The summed E-state index contributed by atoms with van der Waals surface area (Å²) in [5, 5.41) is 3.40. The lowest BCUT2D eigenvalue weighted by molar-refractivity contribution is 0.349. The highest BCUT2D eigenvalue weighted by molar-refractivity contribution is 5.47. The molecule has 0 heterocycles. The maximum atomic E-state index is 13.5. The molecule has 0 amide bonds. The maximum Gasteiger partial charge on any atom is 0.128 e. The Bertz CT molecular complexity index is 635. The summed E-state index contributed by atoms with van der Waals surface area (Å²) in [6.45, 7) is 1.78. The number of methoxy groups -OCH3 is 1. The van der Waals surface area contributed by atoms with Crippen molar-refractivity contribution in [1.82, 2.24) is 0 Å². The zero-order chi connectivity index (χ0) is 14.8. The zero-order valence-electron chi connectivity index (χ0n) is 12.4. The molecular weight excluding hydrogens is 265 g/mol. The predicted molar refractivity (Wildman–Crippen MR) is 83.5 cm³/mol. The highest BCUT2D eigenvalue weighted by Crippen LogP contribution is 2.42. The Morgan fingerprint density at radius 3 is 2.62 bits per heavy atom. The van der Waals surface area contributed by atoms with E-state index in [1.165, 1.54) is 5.56 Å². The third-order valence-corrected chi connectivity index (χ3v) is 4.26. The van der Waals surface area contributed by atoms with Gasteiger partial charge in [0.05, 0.1) is 7.11 Å². The van der Waals surface area contributed by atoms with Crippen molar-refractivity contribution in [3.05, 3.63) is 59.4 Å². The number of hydrogen-bond acceptors (Lipinski definition) is 2. The first-order valence-electron chi connectivity index (χ1n) is 7.33. The predicted octanol–water partition coefficient (Wildman–Crippen LogP) is 4.50. The van der Waals surface area contributed by atoms with E-state index in [-0.39, 0.29) is 5.82 Å². The van der Waals surface area contributed by atoms with Crippen molar-refractivity contribution in [2.75, 3.05) is 12.4 Å². The lowest BCUT2D eigenvalue weighted by Crippen LogP contribution is -2.34. The molecule has 21 heavy (non-hydrogen) atoms. The van der Waals surface area contributed by atoms with E-state index in [4.69, 9.17) is 4.74 Å². The smallest absolute Gasteiger partial charge is 0.128 e. The molecule has 2 aromatic rings. The number of rotatable bonds is 4. The van der Waals surface area contributed by atoms with Crippen molar-refractivity contribution in [2.45, 2.75) is 31.7 Å². The van der Waals surface area contributed by atoms with E-state index in [9.17, 15) is 4.39 Å². The number of halogens is 1. The lowest BCUT2D eigenvalue weighted by Gasteiger charge is -2.37. The van der Waals surface area contributed by atoms with Crippen LogP contribution in [0.5, 0.6) is 5.75 Å². The van der Waals surface area contributed by atoms with Crippen LogP contribution < -0.4 is 10.1 Å². The third kappa shape index (κ3) is 2.87. The van der Waals surface area contributed by atoms with Gasteiger partial charge in [0.2, 0.25) is 0 Å². The molecule has 0 saturated heterocycles. The summed E-state index contributed by atoms with van der Waals surface area (Å²) in [6, 6.07) is 13.9. The van der Waals surface area contributed by atoms with E-state index >= 15 is 0 Å². The van der Waals surface area contributed by atoms with Crippen LogP contribution in [0.25, 0.3) is 0 Å². The fourth-order valence-electron chi connectivity index (χ4n) is 2.91. The van der Waals surface area contributed by atoms with Crippen molar-refractivity contribution >= 4 is 5.69 Å². The standard InChI is InChI=1S/C18H20FNO/c1-12-7-8-14(11-17(12)19)20-15-9-13(10-15)16-5-3-4-6-18(16)21-2/h3-8,11,13,15,20H,9-10H2,1-2H3. The van der Waals surface area contributed by atoms with Gasteiger partial charge >= 0.3 is 0 Å². The molecule has 3 heteroatoms. The van der Waals surface area contributed by atoms with Gasteiger partial charge in [0.15, 0.2) is 0 Å². The minimum absolute atomic E-state index is 0.152. The number of ether oxygens (including phenoxy) is 1. The molecule has 0 unspecified atom stereocenters. The van der Waals surface area contributed by atoms with Gasteiger partial charge in [-0.2, -0.15) is 0 Å². The van der Waals surface area contributed by atoms with Crippen LogP contribution in [0, 0.1) is 12.7 Å². The van der Waals surface area contributed by atoms with E-state index in [1.54, 1.807) is 20.1 Å². The SMILES string of the molecule is COc1ccccc1C1CC(Nc2ccc(C)c(F)c2)C1. The number of benzene rings is 2. The summed E-state index contributed by atoms with van der Waals surface area (Å²) in [7, 11) is 1.71. The summed E-state index contributed by atoms with van der Waals surface area (Å²) in [5.41, 5.74) is 2.82. The van der Waals surface area contributed by atoms with E-state index in [1.807, 2.05) is 30.3 Å². The Morgan fingerprint density at radius 1 is 1.14 bits per heavy atom. The summed E-state index contributed by atoms with van der Waals surface area (Å²) >= 11 is 0. The molecule has 0 radical (unpaired) electrons. The molecule has 2 nitrogen and oxygen atoms in total. The molecule has 0 spiro atoms. The maximum absolute atomic E-state index is 13.5. The largest absolute Gasteiger partial charge is 0.496 e. The summed E-state index contributed by atoms with van der Waals surface area (Å²) in [6.07, 6.45) is 2.10. The first-order valence-corrected chi connectivity index (χ1v) is 7.33. The van der Waals surface area contributed by atoms with Gasteiger partial charge in [-0.1, -0.05) is 24.3 Å². The van der Waals surface area contributed by atoms with Crippen LogP contribution in [0.15, 0.2) is 42.5 Å². The molecule has 0 aromatic heterocycles. The van der Waals surface area contributed by atoms with Crippen LogP contribution in [0.2, 0.25) is 0 Å². The molecule has 0 bridgehead atoms. The Kier molecular flexibility index (Phi) is 3.82. The molecule has 1 aliphatic carbocycles. The van der Waals surface area contributed by atoms with Crippen LogP contribution in [0.1, 0.15) is 29.9 Å². The van der Waals surface area contributed by atoms with Gasteiger partial charge in [-0.05, 0) is 55.0 Å². The van der Waals surface area contributed by atoms with Crippen molar-refractivity contribution < 1.29 is 9.13 Å². The second-order valence-electron chi connectivity index (χ2n) is 5.72. The minimum Gasteiger partial charge on any atom is -0.496 e. The van der Waals surface area contributed by atoms with Crippen molar-refractivity contribution in [3.63, 3.8) is 0 Å².